The second-order valence-electron chi connectivity index (χ2n) is 16.8. The third-order valence-electron chi connectivity index (χ3n) is 13.1. The number of nitrogens with one attached hydrogen (secondary N) is 2. The first-order valence-electron chi connectivity index (χ1n) is 21.7. The number of nitrogens with zero attached hydrogens (tertiary/aromatic N) is 2. The van der Waals surface area contributed by atoms with Crippen LogP contribution in [0.2, 0.25) is 5.02 Å². The molecule has 0 radical (unpaired) electrons. The van der Waals surface area contributed by atoms with Gasteiger partial charge < -0.3 is 39.4 Å². The number of carbonyl (C=O) groups excluding carboxylic acids is 3. The van der Waals surface area contributed by atoms with Gasteiger partial charge in [-0.3, -0.25) is 0 Å². The topological polar surface area (TPSA) is 168 Å². The second kappa shape index (κ2) is 17.3. The molecule has 1 unspecified atom stereocenters. The minimum Gasteiger partial charge on any atom is -0.504 e. The average molecular weight is 913 g/mol. The van der Waals surface area contributed by atoms with Gasteiger partial charge in [0.25, 0.3) is 0 Å². The number of amides is 4. The van der Waals surface area contributed by atoms with E-state index in [4.69, 9.17) is 25.5 Å². The Morgan fingerprint density at radius 2 is 1.20 bits per heavy atom. The van der Waals surface area contributed by atoms with E-state index in [0.717, 1.165) is 62.9 Å². The summed E-state index contributed by atoms with van der Waals surface area (Å²) in [6, 6.07) is 35.0. The number of ether oxygens (including phenoxy) is 2. The van der Waals surface area contributed by atoms with Crippen LogP contribution in [0.5, 0.6) is 5.75 Å². The number of hydrogen-bond acceptors (Lipinski definition) is 9. The fourth-order valence-electron chi connectivity index (χ4n) is 9.90. The van der Waals surface area contributed by atoms with Crippen LogP contribution in [0, 0.1) is 0 Å². The number of phenolic OH excluding ortho intramolecular Hbond substituents is 1. The van der Waals surface area contributed by atoms with E-state index < -0.39 is 63.1 Å². The number of aryl methyl sites for hydroxylation is 1. The second-order valence-corrected chi connectivity index (χ2v) is 19.4. The minimum absolute atomic E-state index is 0.0125. The van der Waals surface area contributed by atoms with Crippen LogP contribution in [0.15, 0.2) is 131 Å². The molecule has 1 aliphatic heterocycles. The van der Waals surface area contributed by atoms with Gasteiger partial charge in [0.2, 0.25) is 0 Å². The van der Waals surface area contributed by atoms with Crippen molar-refractivity contribution in [3.63, 3.8) is 0 Å². The number of anilines is 1. The summed E-state index contributed by atoms with van der Waals surface area (Å²) in [6.45, 7) is -0.997. The molecule has 1 saturated heterocycles. The van der Waals surface area contributed by atoms with Crippen molar-refractivity contribution in [3.8, 4) is 28.0 Å². The summed E-state index contributed by atoms with van der Waals surface area (Å²) < 4.78 is 47.4. The Morgan fingerprint density at radius 1 is 0.708 bits per heavy atom. The summed E-state index contributed by atoms with van der Waals surface area (Å²) in [4.78, 5) is 43.4. The van der Waals surface area contributed by atoms with Crippen molar-refractivity contribution >= 4 is 45.3 Å². The van der Waals surface area contributed by atoms with Crippen molar-refractivity contribution in [3.05, 3.63) is 160 Å². The Bertz CT molecular complexity index is 2740. The number of benzene rings is 5. The molecule has 332 valence electrons. The van der Waals surface area contributed by atoms with Crippen molar-refractivity contribution < 1.29 is 41.8 Å². The average Bonchev–Trinajstić information content (AvgIpc) is 3.96. The maximum atomic E-state index is 14.9. The molecule has 15 heteroatoms. The van der Waals surface area contributed by atoms with Crippen LogP contribution in [0.1, 0.15) is 64.3 Å². The summed E-state index contributed by atoms with van der Waals surface area (Å²) in [5.74, 6) is -0.653. The highest BCUT2D eigenvalue weighted by Crippen LogP contribution is 2.46. The van der Waals surface area contributed by atoms with Gasteiger partial charge in [-0.2, -0.15) is 0 Å². The lowest BCUT2D eigenvalue weighted by Gasteiger charge is -2.26. The molecule has 4 aliphatic rings. The zero-order valence-electron chi connectivity index (χ0n) is 35.1. The van der Waals surface area contributed by atoms with Crippen molar-refractivity contribution in [1.82, 2.24) is 15.1 Å². The summed E-state index contributed by atoms with van der Waals surface area (Å²) in [5.41, 5.74) is 9.03. The maximum absolute atomic E-state index is 14.9. The molecule has 1 fully saturated rings. The first-order valence-corrected chi connectivity index (χ1v) is 23.6. The Balaban J connectivity index is 0.910. The molecule has 1 aromatic heterocycles. The Hall–Kier alpha value is -6.77. The van der Waals surface area contributed by atoms with Crippen LogP contribution in [0.25, 0.3) is 22.3 Å². The Labute approximate surface area is 380 Å². The Morgan fingerprint density at radius 3 is 1.71 bits per heavy atom. The molecule has 65 heavy (non-hydrogen) atoms. The van der Waals surface area contributed by atoms with Crippen LogP contribution in [0.4, 0.5) is 20.1 Å². The SMILES string of the molecule is O=C(Nc1ccc(Cl)c(S(=O)(=O)C2CN(C(=O)OCC3c4ccccc4-c4ccccc43)CCN(C(=O)OCC3c4ccccc4-c4ccccc43)C2)c1O)NC1CCCc2ccoc21. The highest BCUT2D eigenvalue weighted by Gasteiger charge is 2.41. The van der Waals surface area contributed by atoms with E-state index in [2.05, 4.69) is 10.6 Å². The Kier molecular flexibility index (Phi) is 11.2. The number of urea groups is 1. The first kappa shape index (κ1) is 42.2. The first-order chi connectivity index (χ1) is 31.6. The van der Waals surface area contributed by atoms with E-state index in [-0.39, 0.29) is 48.8 Å². The smallest absolute Gasteiger partial charge is 0.409 e. The number of carbonyl (C=O) groups is 3. The van der Waals surface area contributed by atoms with E-state index in [1.165, 1.54) is 21.9 Å². The summed E-state index contributed by atoms with van der Waals surface area (Å²) in [6.07, 6.45) is 2.30. The summed E-state index contributed by atoms with van der Waals surface area (Å²) in [7, 11) is -4.69. The van der Waals surface area contributed by atoms with Crippen LogP contribution in [-0.2, 0) is 25.7 Å². The van der Waals surface area contributed by atoms with Gasteiger partial charge in [-0.1, -0.05) is 109 Å². The number of furan rings is 1. The largest absolute Gasteiger partial charge is 0.504 e. The maximum Gasteiger partial charge on any atom is 0.409 e. The molecule has 3 N–H and O–H groups in total. The lowest BCUT2D eigenvalue weighted by molar-refractivity contribution is 0.0931. The van der Waals surface area contributed by atoms with Crippen molar-refractivity contribution in [2.24, 2.45) is 0 Å². The highest BCUT2D eigenvalue weighted by molar-refractivity contribution is 7.92. The van der Waals surface area contributed by atoms with Gasteiger partial charge >= 0.3 is 18.2 Å². The van der Waals surface area contributed by atoms with Gasteiger partial charge in [0.15, 0.2) is 15.6 Å². The van der Waals surface area contributed by atoms with Crippen molar-refractivity contribution in [1.29, 1.82) is 0 Å². The summed E-state index contributed by atoms with van der Waals surface area (Å²) >= 11 is 6.60. The molecule has 0 saturated carbocycles. The van der Waals surface area contributed by atoms with Gasteiger partial charge in [-0.15, -0.1) is 0 Å². The fourth-order valence-corrected chi connectivity index (χ4v) is 12.2. The molecule has 5 aromatic carbocycles. The van der Waals surface area contributed by atoms with Gasteiger partial charge in [0, 0.05) is 38.0 Å². The van der Waals surface area contributed by atoms with Crippen molar-refractivity contribution in [2.75, 3.05) is 44.7 Å². The monoisotopic (exact) mass is 912 g/mol. The molecule has 0 bridgehead atoms. The predicted molar refractivity (Wildman–Crippen MR) is 244 cm³/mol. The zero-order valence-corrected chi connectivity index (χ0v) is 36.7. The predicted octanol–water partition coefficient (Wildman–Crippen LogP) is 9.50. The molecule has 2 heterocycles. The standard InChI is InChI=1S/C50H45ClN4O9S/c51-42-20-21-43(52-48(57)53-44-19-9-10-30-22-25-62-46(30)44)45(56)47(42)65(60,61)31-26-54(49(58)63-28-40-36-15-5-1-11-32(36)33-12-2-6-16-37(33)40)23-24-55(27-31)50(59)64-29-41-38-17-7-3-13-34(38)35-14-4-8-18-39(35)41/h1-8,11-18,20-22,25,31,40-41,44,56H,9-10,19,23-24,26-29H2,(H2,52,53,57). The van der Waals surface area contributed by atoms with E-state index in [0.29, 0.717) is 12.2 Å². The molecule has 6 aromatic rings. The number of halogens is 1. The number of fused-ring (bicyclic) bond motifs is 7. The molecular formula is C50H45ClN4O9S. The third-order valence-corrected chi connectivity index (χ3v) is 15.7. The fraction of sp³-hybridized carbons (Fsp3) is 0.260. The van der Waals surface area contributed by atoms with Crippen molar-refractivity contribution in [2.45, 2.75) is 47.3 Å². The van der Waals surface area contributed by atoms with E-state index in [1.807, 2.05) is 103 Å². The minimum atomic E-state index is -4.69. The van der Waals surface area contributed by atoms with Gasteiger partial charge in [-0.05, 0) is 87.5 Å². The molecule has 3 aliphatic carbocycles. The van der Waals surface area contributed by atoms with Gasteiger partial charge in [0.05, 0.1) is 23.0 Å². The number of sulfone groups is 1. The number of hydrogen-bond donors (Lipinski definition) is 3. The molecule has 1 atom stereocenters. The van der Waals surface area contributed by atoms with E-state index in [1.54, 1.807) is 6.26 Å². The van der Waals surface area contributed by atoms with E-state index in [9.17, 15) is 27.9 Å². The normalized spacial score (nSPS) is 17.0. The zero-order chi connectivity index (χ0) is 44.8. The van der Waals surface area contributed by atoms with Crippen LogP contribution >= 0.6 is 11.6 Å². The lowest BCUT2D eigenvalue weighted by Crippen LogP contribution is -2.43. The van der Waals surface area contributed by atoms with Gasteiger partial charge in [0.1, 0.15) is 29.1 Å². The molecule has 10 rings (SSSR count). The molecule has 0 spiro atoms. The quantitative estimate of drug-likeness (QED) is 0.126. The number of rotatable bonds is 8. The van der Waals surface area contributed by atoms with Gasteiger partial charge in [-0.25, -0.2) is 22.8 Å². The molecular weight excluding hydrogens is 868 g/mol. The van der Waals surface area contributed by atoms with Crippen LogP contribution < -0.4 is 10.6 Å². The third kappa shape index (κ3) is 7.84. The number of phenols is 1. The highest BCUT2D eigenvalue weighted by atomic mass is 35.5. The molecule has 13 nitrogen and oxygen atoms in total. The summed E-state index contributed by atoms with van der Waals surface area (Å²) in [5, 5.41) is 15.2. The number of aromatic hydroxyl groups is 1. The van der Waals surface area contributed by atoms with Crippen LogP contribution in [-0.4, -0.2) is 86.2 Å². The van der Waals surface area contributed by atoms with E-state index >= 15 is 0 Å². The van der Waals surface area contributed by atoms with Crippen LogP contribution in [0.3, 0.4) is 0 Å². The molecule has 4 amide bonds. The lowest BCUT2D eigenvalue weighted by atomic mass is 9.94.